The van der Waals surface area contributed by atoms with Crippen LogP contribution in [0.15, 0.2) is 67.5 Å². The molecular formula is C19H15N7O2. The van der Waals surface area contributed by atoms with E-state index < -0.39 is 5.97 Å². The number of nitrogens with one attached hydrogen (secondary N) is 1. The molecule has 28 heavy (non-hydrogen) atoms. The zero-order valence-corrected chi connectivity index (χ0v) is 14.6. The third-order valence-electron chi connectivity index (χ3n) is 4.02. The normalized spacial score (nSPS) is 10.6. The van der Waals surface area contributed by atoms with Crippen LogP contribution < -0.4 is 5.32 Å². The predicted molar refractivity (Wildman–Crippen MR) is 101 cm³/mol. The molecule has 4 rings (SSSR count). The van der Waals surface area contributed by atoms with Crippen LogP contribution in [0.25, 0.3) is 17.1 Å². The lowest BCUT2D eigenvalue weighted by Gasteiger charge is -2.10. The summed E-state index contributed by atoms with van der Waals surface area (Å²) in [7, 11) is 0. The summed E-state index contributed by atoms with van der Waals surface area (Å²) in [6.07, 6.45) is 6.16. The summed E-state index contributed by atoms with van der Waals surface area (Å²) < 4.78 is 1.69. The van der Waals surface area contributed by atoms with Gasteiger partial charge in [0.25, 0.3) is 0 Å². The maximum Gasteiger partial charge on any atom is 0.335 e. The highest BCUT2D eigenvalue weighted by molar-refractivity contribution is 5.88. The lowest BCUT2D eigenvalue weighted by atomic mass is 10.2. The van der Waals surface area contributed by atoms with Crippen molar-refractivity contribution in [2.75, 3.05) is 5.32 Å². The summed E-state index contributed by atoms with van der Waals surface area (Å²) in [6, 6.07) is 12.4. The molecule has 0 amide bonds. The van der Waals surface area contributed by atoms with Crippen molar-refractivity contribution < 1.29 is 9.90 Å². The topological polar surface area (TPSA) is 119 Å². The molecule has 138 valence electrons. The lowest BCUT2D eigenvalue weighted by molar-refractivity contribution is 0.0697. The van der Waals surface area contributed by atoms with E-state index >= 15 is 0 Å². The summed E-state index contributed by atoms with van der Waals surface area (Å²) in [5.41, 5.74) is 3.05. The van der Waals surface area contributed by atoms with Crippen LogP contribution in [0.1, 0.15) is 15.9 Å². The Balaban J connectivity index is 1.56. The van der Waals surface area contributed by atoms with Gasteiger partial charge in [-0.05, 0) is 29.8 Å². The average molecular weight is 373 g/mol. The van der Waals surface area contributed by atoms with Crippen molar-refractivity contribution in [1.82, 2.24) is 29.7 Å². The van der Waals surface area contributed by atoms with Crippen LogP contribution >= 0.6 is 0 Å². The summed E-state index contributed by atoms with van der Waals surface area (Å²) in [5.74, 6) is -0.603. The second kappa shape index (κ2) is 7.62. The van der Waals surface area contributed by atoms with Crippen LogP contribution in [-0.4, -0.2) is 40.8 Å². The van der Waals surface area contributed by atoms with Gasteiger partial charge in [-0.1, -0.05) is 18.2 Å². The molecule has 0 saturated heterocycles. The Hall–Kier alpha value is -4.14. The van der Waals surface area contributed by atoms with Gasteiger partial charge in [-0.25, -0.2) is 24.4 Å². The maximum absolute atomic E-state index is 11.2. The van der Waals surface area contributed by atoms with Gasteiger partial charge >= 0.3 is 5.97 Å². The SMILES string of the molecule is O=C(O)c1ccnc(-c2ccnc(NCc3ccccc3-n3cncn3)n2)c1. The van der Waals surface area contributed by atoms with Crippen molar-refractivity contribution in [1.29, 1.82) is 0 Å². The van der Waals surface area contributed by atoms with Gasteiger partial charge in [0.05, 0.1) is 22.6 Å². The Morgan fingerprint density at radius 1 is 1.07 bits per heavy atom. The quantitative estimate of drug-likeness (QED) is 0.529. The highest BCUT2D eigenvalue weighted by Gasteiger charge is 2.09. The van der Waals surface area contributed by atoms with Crippen LogP contribution in [0.3, 0.4) is 0 Å². The minimum atomic E-state index is -1.01. The third-order valence-corrected chi connectivity index (χ3v) is 4.02. The molecule has 0 aliphatic rings. The Bertz CT molecular complexity index is 1110. The standard InChI is InChI=1S/C19H15N7O2/c27-18(28)13-5-7-21-16(9-13)15-6-8-22-19(25-15)23-10-14-3-1-2-4-17(14)26-12-20-11-24-26/h1-9,11-12H,10H2,(H,27,28)(H,22,23,25). The van der Waals surface area contributed by atoms with E-state index in [-0.39, 0.29) is 5.56 Å². The van der Waals surface area contributed by atoms with Crippen molar-refractivity contribution >= 4 is 11.9 Å². The monoisotopic (exact) mass is 373 g/mol. The molecule has 0 saturated carbocycles. The minimum absolute atomic E-state index is 0.153. The number of nitrogens with zero attached hydrogens (tertiary/aromatic N) is 6. The Morgan fingerprint density at radius 2 is 1.93 bits per heavy atom. The molecule has 3 heterocycles. The third kappa shape index (κ3) is 3.68. The number of carbonyl (C=O) groups is 1. The summed E-state index contributed by atoms with van der Waals surface area (Å²) >= 11 is 0. The second-order valence-corrected chi connectivity index (χ2v) is 5.82. The van der Waals surface area contributed by atoms with Gasteiger partial charge in [-0.2, -0.15) is 5.10 Å². The molecule has 0 bridgehead atoms. The molecule has 4 aromatic rings. The molecule has 2 N–H and O–H groups in total. The number of hydrogen-bond acceptors (Lipinski definition) is 7. The Kier molecular flexibility index (Phi) is 4.70. The van der Waals surface area contributed by atoms with Crippen LogP contribution in [0.2, 0.25) is 0 Å². The zero-order chi connectivity index (χ0) is 19.3. The maximum atomic E-state index is 11.2. The number of aromatic carboxylic acids is 1. The number of carboxylic acids is 1. The van der Waals surface area contributed by atoms with Gasteiger partial charge < -0.3 is 10.4 Å². The van der Waals surface area contributed by atoms with E-state index in [1.165, 1.54) is 24.7 Å². The predicted octanol–water partition coefficient (Wildman–Crippen LogP) is 2.43. The van der Waals surface area contributed by atoms with Crippen LogP contribution in [-0.2, 0) is 6.54 Å². The molecule has 0 aliphatic heterocycles. The van der Waals surface area contributed by atoms with E-state index in [4.69, 9.17) is 5.11 Å². The average Bonchev–Trinajstić information content (AvgIpc) is 3.27. The largest absolute Gasteiger partial charge is 0.478 e. The summed E-state index contributed by atoms with van der Waals surface area (Å²) in [5, 5.41) is 16.5. The fourth-order valence-electron chi connectivity index (χ4n) is 2.68. The molecular weight excluding hydrogens is 358 g/mol. The van der Waals surface area contributed by atoms with Crippen LogP contribution in [0.4, 0.5) is 5.95 Å². The van der Waals surface area contributed by atoms with Crippen molar-refractivity contribution in [3.05, 3.63) is 78.6 Å². The van der Waals surface area contributed by atoms with Gasteiger partial charge in [0.1, 0.15) is 12.7 Å². The van der Waals surface area contributed by atoms with Gasteiger partial charge in [0, 0.05) is 18.9 Å². The van der Waals surface area contributed by atoms with Gasteiger partial charge in [-0.15, -0.1) is 0 Å². The van der Waals surface area contributed by atoms with E-state index in [9.17, 15) is 4.79 Å². The smallest absolute Gasteiger partial charge is 0.335 e. The van der Waals surface area contributed by atoms with Gasteiger partial charge in [0.15, 0.2) is 0 Å². The van der Waals surface area contributed by atoms with Crippen LogP contribution in [0.5, 0.6) is 0 Å². The van der Waals surface area contributed by atoms with E-state index in [1.54, 1.807) is 23.3 Å². The van der Waals surface area contributed by atoms with Crippen LogP contribution in [0, 0.1) is 0 Å². The number of pyridine rings is 1. The van der Waals surface area contributed by atoms with Gasteiger partial charge in [0.2, 0.25) is 5.95 Å². The highest BCUT2D eigenvalue weighted by atomic mass is 16.4. The summed E-state index contributed by atoms with van der Waals surface area (Å²) in [4.78, 5) is 28.0. The highest BCUT2D eigenvalue weighted by Crippen LogP contribution is 2.18. The van der Waals surface area contributed by atoms with Crippen molar-refractivity contribution in [3.8, 4) is 17.1 Å². The molecule has 0 unspecified atom stereocenters. The molecule has 1 aromatic carbocycles. The van der Waals surface area contributed by atoms with Gasteiger partial charge in [-0.3, -0.25) is 4.98 Å². The number of aromatic nitrogens is 6. The van der Waals surface area contributed by atoms with E-state index in [0.29, 0.717) is 23.9 Å². The zero-order valence-electron chi connectivity index (χ0n) is 14.6. The van der Waals surface area contributed by atoms with E-state index in [1.807, 2.05) is 24.3 Å². The van der Waals surface area contributed by atoms with E-state index in [2.05, 4.69) is 30.4 Å². The molecule has 9 nitrogen and oxygen atoms in total. The molecule has 0 atom stereocenters. The van der Waals surface area contributed by atoms with E-state index in [0.717, 1.165) is 11.3 Å². The number of anilines is 1. The second-order valence-electron chi connectivity index (χ2n) is 5.82. The first kappa shape index (κ1) is 17.3. The molecule has 0 fully saturated rings. The lowest BCUT2D eigenvalue weighted by Crippen LogP contribution is -2.08. The first-order valence-electron chi connectivity index (χ1n) is 8.40. The summed E-state index contributed by atoms with van der Waals surface area (Å²) in [6.45, 7) is 0.474. The first-order chi connectivity index (χ1) is 13.7. The fourth-order valence-corrected chi connectivity index (χ4v) is 2.68. The number of rotatable bonds is 6. The molecule has 0 spiro atoms. The fraction of sp³-hybridized carbons (Fsp3) is 0.0526. The molecule has 9 heteroatoms. The Morgan fingerprint density at radius 3 is 2.75 bits per heavy atom. The number of para-hydroxylation sites is 1. The molecule has 0 radical (unpaired) electrons. The number of hydrogen-bond donors (Lipinski definition) is 2. The van der Waals surface area contributed by atoms with Crippen molar-refractivity contribution in [2.24, 2.45) is 0 Å². The molecule has 0 aliphatic carbocycles. The van der Waals surface area contributed by atoms with Crippen molar-refractivity contribution in [3.63, 3.8) is 0 Å². The first-order valence-corrected chi connectivity index (χ1v) is 8.40. The number of benzene rings is 1. The number of carboxylic acid groups (broad SMARTS) is 1. The minimum Gasteiger partial charge on any atom is -0.478 e. The molecule has 3 aromatic heterocycles. The Labute approximate surface area is 159 Å². The van der Waals surface area contributed by atoms with Crippen molar-refractivity contribution in [2.45, 2.75) is 6.54 Å².